The quantitative estimate of drug-likeness (QED) is 0.381. The average molecular weight is 472 g/mol. The molecule has 0 saturated carbocycles. The highest BCUT2D eigenvalue weighted by Gasteiger charge is 2.27. The van der Waals surface area contributed by atoms with Crippen molar-refractivity contribution in [1.82, 2.24) is 0 Å². The van der Waals surface area contributed by atoms with Gasteiger partial charge < -0.3 is 11.5 Å². The molecule has 0 saturated heterocycles. The zero-order valence-electron chi connectivity index (χ0n) is 13.1. The smallest absolute Gasteiger partial charge is 0.151 e. The number of thioether (sulfide) groups is 2. The van der Waals surface area contributed by atoms with Crippen LogP contribution in [-0.4, -0.2) is 10.3 Å². The standard InChI is InChI=1S/C14H22N4S2.2BrH/c1-13(2,19-11(15)16)9-6-5-7-10(8-9)14(3,4)20-12(17)18;;/h5-8H,1-4H3,(H3,15,16)(H3,17,18);2*1H. The van der Waals surface area contributed by atoms with E-state index in [0.29, 0.717) is 0 Å². The van der Waals surface area contributed by atoms with E-state index >= 15 is 0 Å². The summed E-state index contributed by atoms with van der Waals surface area (Å²) in [5, 5.41) is 15.1. The van der Waals surface area contributed by atoms with Gasteiger partial charge in [-0.05, 0) is 38.8 Å². The molecule has 0 aliphatic rings. The van der Waals surface area contributed by atoms with E-state index in [9.17, 15) is 0 Å². The van der Waals surface area contributed by atoms with Crippen molar-refractivity contribution in [3.05, 3.63) is 35.4 Å². The van der Waals surface area contributed by atoms with Crippen molar-refractivity contribution in [3.8, 4) is 0 Å². The van der Waals surface area contributed by atoms with Gasteiger partial charge in [-0.3, -0.25) is 10.8 Å². The SMILES string of the molecule is Br.Br.CC(C)(SC(=N)N)c1cccc(C(C)(C)SC(=N)N)c1. The van der Waals surface area contributed by atoms with Crippen LogP contribution in [0.15, 0.2) is 24.3 Å². The first-order valence-corrected chi connectivity index (χ1v) is 7.85. The van der Waals surface area contributed by atoms with Crippen molar-refractivity contribution in [1.29, 1.82) is 10.8 Å². The maximum absolute atomic E-state index is 7.46. The van der Waals surface area contributed by atoms with Crippen LogP contribution in [0.2, 0.25) is 0 Å². The molecule has 0 heterocycles. The highest BCUT2D eigenvalue weighted by Crippen LogP contribution is 2.40. The van der Waals surface area contributed by atoms with E-state index in [0.717, 1.165) is 11.1 Å². The number of amidine groups is 2. The monoisotopic (exact) mass is 470 g/mol. The number of benzene rings is 1. The van der Waals surface area contributed by atoms with E-state index in [1.807, 2.05) is 45.9 Å². The summed E-state index contributed by atoms with van der Waals surface area (Å²) in [7, 11) is 0. The summed E-state index contributed by atoms with van der Waals surface area (Å²) in [5.74, 6) is 0. The summed E-state index contributed by atoms with van der Waals surface area (Å²) < 4.78 is -0.530. The Labute approximate surface area is 162 Å². The third-order valence-electron chi connectivity index (χ3n) is 2.98. The molecule has 8 heteroatoms. The molecular weight excluding hydrogens is 448 g/mol. The lowest BCUT2D eigenvalue weighted by atomic mass is 9.95. The normalized spacial score (nSPS) is 11.1. The van der Waals surface area contributed by atoms with Crippen molar-refractivity contribution in [2.75, 3.05) is 0 Å². The fourth-order valence-corrected chi connectivity index (χ4v) is 3.53. The molecule has 4 nitrogen and oxygen atoms in total. The van der Waals surface area contributed by atoms with Gasteiger partial charge in [0.15, 0.2) is 10.3 Å². The molecule has 1 rings (SSSR count). The Morgan fingerprint density at radius 1 is 0.864 bits per heavy atom. The molecule has 22 heavy (non-hydrogen) atoms. The number of halogens is 2. The Morgan fingerprint density at radius 2 is 1.18 bits per heavy atom. The minimum Gasteiger partial charge on any atom is -0.379 e. The van der Waals surface area contributed by atoms with Crippen LogP contribution < -0.4 is 11.5 Å². The first-order valence-electron chi connectivity index (χ1n) is 6.22. The van der Waals surface area contributed by atoms with Gasteiger partial charge in [-0.15, -0.1) is 34.0 Å². The largest absolute Gasteiger partial charge is 0.379 e. The van der Waals surface area contributed by atoms with E-state index in [1.165, 1.54) is 23.5 Å². The first kappa shape index (κ1) is 24.1. The first-order chi connectivity index (χ1) is 9.04. The number of rotatable bonds is 4. The molecular formula is C14H24Br2N4S2. The summed E-state index contributed by atoms with van der Waals surface area (Å²) in [6.45, 7) is 8.18. The maximum Gasteiger partial charge on any atom is 0.151 e. The fraction of sp³-hybridized carbons (Fsp3) is 0.429. The molecule has 0 unspecified atom stereocenters. The van der Waals surface area contributed by atoms with E-state index in [-0.39, 0.29) is 53.8 Å². The molecule has 1 aromatic carbocycles. The third-order valence-corrected chi connectivity index (χ3v) is 4.92. The molecule has 1 aromatic rings. The third kappa shape index (κ3) is 6.93. The number of nitrogens with two attached hydrogens (primary N) is 2. The van der Waals surface area contributed by atoms with Crippen molar-refractivity contribution in [3.63, 3.8) is 0 Å². The Hall–Kier alpha value is -0.180. The van der Waals surface area contributed by atoms with Crippen LogP contribution in [0.1, 0.15) is 38.8 Å². The van der Waals surface area contributed by atoms with Crippen LogP contribution in [0.4, 0.5) is 0 Å². The predicted octanol–water partition coefficient (Wildman–Crippen LogP) is 4.57. The number of nitrogens with one attached hydrogen (secondary N) is 2. The van der Waals surface area contributed by atoms with Crippen LogP contribution in [0, 0.1) is 10.8 Å². The van der Waals surface area contributed by atoms with E-state index in [2.05, 4.69) is 6.07 Å². The van der Waals surface area contributed by atoms with Gasteiger partial charge in [-0.1, -0.05) is 47.8 Å². The second-order valence-electron chi connectivity index (χ2n) is 5.53. The van der Waals surface area contributed by atoms with Gasteiger partial charge >= 0.3 is 0 Å². The zero-order chi connectivity index (χ0) is 15.6. The van der Waals surface area contributed by atoms with E-state index in [1.54, 1.807) is 0 Å². The van der Waals surface area contributed by atoms with Gasteiger partial charge in [0.25, 0.3) is 0 Å². The van der Waals surface area contributed by atoms with Crippen LogP contribution in [0.3, 0.4) is 0 Å². The highest BCUT2D eigenvalue weighted by atomic mass is 79.9. The molecule has 0 aromatic heterocycles. The summed E-state index contributed by atoms with van der Waals surface area (Å²) >= 11 is 2.66. The van der Waals surface area contributed by atoms with E-state index < -0.39 is 0 Å². The molecule has 0 aliphatic heterocycles. The fourth-order valence-electron chi connectivity index (χ4n) is 1.94. The Balaban J connectivity index is 0. The van der Waals surface area contributed by atoms with Gasteiger partial charge in [0.2, 0.25) is 0 Å². The van der Waals surface area contributed by atoms with Crippen molar-refractivity contribution >= 4 is 67.8 Å². The lowest BCUT2D eigenvalue weighted by Gasteiger charge is -2.28. The Kier molecular flexibility index (Phi) is 10.1. The summed E-state index contributed by atoms with van der Waals surface area (Å²) in [5.41, 5.74) is 13.2. The van der Waals surface area contributed by atoms with Gasteiger partial charge in [0.1, 0.15) is 0 Å². The predicted molar refractivity (Wildman–Crippen MR) is 112 cm³/mol. The Morgan fingerprint density at radius 3 is 1.45 bits per heavy atom. The van der Waals surface area contributed by atoms with Crippen LogP contribution in [-0.2, 0) is 9.49 Å². The minimum atomic E-state index is -0.265. The second kappa shape index (κ2) is 9.20. The van der Waals surface area contributed by atoms with Crippen molar-refractivity contribution in [2.24, 2.45) is 11.5 Å². The molecule has 126 valence electrons. The van der Waals surface area contributed by atoms with Gasteiger partial charge in [0, 0.05) is 9.49 Å². The molecule has 0 amide bonds. The summed E-state index contributed by atoms with van der Waals surface area (Å²) in [4.78, 5) is 0. The van der Waals surface area contributed by atoms with Crippen molar-refractivity contribution < 1.29 is 0 Å². The molecule has 0 bridgehead atoms. The minimum absolute atomic E-state index is 0. The maximum atomic E-state index is 7.46. The number of hydrogen-bond donors (Lipinski definition) is 4. The summed E-state index contributed by atoms with van der Waals surface area (Å²) in [6.07, 6.45) is 0. The van der Waals surface area contributed by atoms with Crippen LogP contribution >= 0.6 is 57.5 Å². The highest BCUT2D eigenvalue weighted by molar-refractivity contribution is 8.93. The van der Waals surface area contributed by atoms with Gasteiger partial charge in [-0.25, -0.2) is 0 Å². The lowest BCUT2D eigenvalue weighted by molar-refractivity contribution is 0.758. The zero-order valence-corrected chi connectivity index (χ0v) is 18.2. The second-order valence-corrected chi connectivity index (χ2v) is 8.86. The molecule has 0 radical (unpaired) electrons. The molecule has 0 fully saturated rings. The topological polar surface area (TPSA) is 99.7 Å². The number of hydrogen-bond acceptors (Lipinski definition) is 4. The van der Waals surface area contributed by atoms with Crippen molar-refractivity contribution in [2.45, 2.75) is 37.2 Å². The molecule has 0 spiro atoms. The molecule has 0 aliphatic carbocycles. The van der Waals surface area contributed by atoms with Gasteiger partial charge in [-0.2, -0.15) is 0 Å². The molecule has 0 atom stereocenters. The Bertz CT molecular complexity index is 490. The average Bonchev–Trinajstić information content (AvgIpc) is 2.25. The molecule has 6 N–H and O–H groups in total. The summed E-state index contributed by atoms with van der Waals surface area (Å²) in [6, 6.07) is 8.17. The van der Waals surface area contributed by atoms with Crippen LogP contribution in [0.25, 0.3) is 0 Å². The van der Waals surface area contributed by atoms with Gasteiger partial charge in [0.05, 0.1) is 0 Å². The van der Waals surface area contributed by atoms with E-state index in [4.69, 9.17) is 22.3 Å². The lowest BCUT2D eigenvalue weighted by Crippen LogP contribution is -2.22. The van der Waals surface area contributed by atoms with Crippen LogP contribution in [0.5, 0.6) is 0 Å².